The van der Waals surface area contributed by atoms with Crippen molar-refractivity contribution < 1.29 is 23.8 Å². The number of benzene rings is 3. The molecule has 0 radical (unpaired) electrons. The van der Waals surface area contributed by atoms with Crippen LogP contribution in [0.3, 0.4) is 0 Å². The summed E-state index contributed by atoms with van der Waals surface area (Å²) in [6.07, 6.45) is 2.98. The van der Waals surface area contributed by atoms with E-state index < -0.39 is 11.8 Å². The van der Waals surface area contributed by atoms with Gasteiger partial charge in [-0.1, -0.05) is 36.4 Å². The summed E-state index contributed by atoms with van der Waals surface area (Å²) in [5, 5.41) is 20.8. The molecule has 0 saturated carbocycles. The molecule has 0 saturated heterocycles. The molecule has 1 unspecified atom stereocenters. The number of pyridine rings is 1. The SMILES string of the molecule is CC(=O)c1cccc(CCn2c3c(c4cc(OCc5ccc6cccc(C#N)c6n5)c(F)cc42)CCCC3CC(=O)O)c1. The number of Topliss-reactive ketones (excluding diaryl/α,β-unsaturated/α-hetero) is 1. The van der Waals surface area contributed by atoms with Gasteiger partial charge in [0.15, 0.2) is 17.3 Å². The van der Waals surface area contributed by atoms with E-state index in [2.05, 4.69) is 15.6 Å². The highest BCUT2D eigenvalue weighted by Crippen LogP contribution is 2.42. The minimum Gasteiger partial charge on any atom is -0.484 e. The predicted octanol–water partition coefficient (Wildman–Crippen LogP) is 7.12. The molecule has 1 aliphatic rings. The Bertz CT molecular complexity index is 1940. The number of hydrogen-bond acceptors (Lipinski definition) is 5. The number of aliphatic carboxylic acids is 1. The van der Waals surface area contributed by atoms with Gasteiger partial charge in [0.25, 0.3) is 0 Å². The van der Waals surface area contributed by atoms with Gasteiger partial charge in [0.2, 0.25) is 0 Å². The fourth-order valence-corrected chi connectivity index (χ4v) is 6.29. The van der Waals surface area contributed by atoms with Crippen LogP contribution >= 0.6 is 0 Å². The number of hydrogen-bond donors (Lipinski definition) is 1. The molecule has 2 heterocycles. The van der Waals surface area contributed by atoms with Gasteiger partial charge in [-0.05, 0) is 68.0 Å². The second kappa shape index (κ2) is 11.7. The molecule has 7 nitrogen and oxygen atoms in total. The third-order valence-corrected chi connectivity index (χ3v) is 8.28. The van der Waals surface area contributed by atoms with Gasteiger partial charge < -0.3 is 14.4 Å². The molecule has 6 rings (SSSR count). The number of ether oxygens (including phenoxy) is 1. The molecule has 216 valence electrons. The van der Waals surface area contributed by atoms with E-state index in [1.54, 1.807) is 30.3 Å². The Morgan fingerprint density at radius 2 is 1.98 bits per heavy atom. The number of para-hydroxylation sites is 1. The zero-order valence-electron chi connectivity index (χ0n) is 23.8. The Labute approximate surface area is 248 Å². The van der Waals surface area contributed by atoms with E-state index in [0.29, 0.717) is 40.8 Å². The smallest absolute Gasteiger partial charge is 0.304 e. The number of carbonyl (C=O) groups is 2. The molecule has 0 fully saturated rings. The number of nitrogens with zero attached hydrogens (tertiary/aromatic N) is 3. The Kier molecular flexibility index (Phi) is 7.64. The monoisotopic (exact) mass is 575 g/mol. The van der Waals surface area contributed by atoms with Crippen molar-refractivity contribution >= 4 is 33.6 Å². The first kappa shape index (κ1) is 28.1. The summed E-state index contributed by atoms with van der Waals surface area (Å²) in [4.78, 5) is 28.3. The van der Waals surface area contributed by atoms with Gasteiger partial charge in [-0.2, -0.15) is 5.26 Å². The van der Waals surface area contributed by atoms with Gasteiger partial charge in [0.05, 0.1) is 28.7 Å². The summed E-state index contributed by atoms with van der Waals surface area (Å²) < 4.78 is 23.6. The second-order valence-corrected chi connectivity index (χ2v) is 11.1. The van der Waals surface area contributed by atoms with Crippen LogP contribution in [-0.2, 0) is 30.8 Å². The van der Waals surface area contributed by atoms with Crippen LogP contribution in [0.4, 0.5) is 4.39 Å². The molecule has 43 heavy (non-hydrogen) atoms. The van der Waals surface area contributed by atoms with Crippen LogP contribution < -0.4 is 4.74 Å². The Hall–Kier alpha value is -5.03. The molecule has 1 aliphatic carbocycles. The van der Waals surface area contributed by atoms with Gasteiger partial charge in [-0.3, -0.25) is 9.59 Å². The number of rotatable bonds is 9. The van der Waals surface area contributed by atoms with Gasteiger partial charge in [0, 0.05) is 40.6 Å². The third kappa shape index (κ3) is 5.59. The van der Waals surface area contributed by atoms with Crippen molar-refractivity contribution in [1.29, 1.82) is 5.26 Å². The van der Waals surface area contributed by atoms with Crippen molar-refractivity contribution in [1.82, 2.24) is 9.55 Å². The lowest BCUT2D eigenvalue weighted by atomic mass is 9.84. The number of carboxylic acid groups (broad SMARTS) is 1. The molecule has 3 aromatic carbocycles. The van der Waals surface area contributed by atoms with Crippen LogP contribution in [0.2, 0.25) is 0 Å². The molecule has 8 heteroatoms. The molecule has 2 aromatic heterocycles. The standard InChI is InChI=1S/C35H30FN3O4/c1-21(40)24-7-2-5-22(15-24)13-14-39-31-18-30(36)32(17-29(31)28-10-4-8-25(35(28)39)16-33(41)42)43-20-27-12-11-23-6-3-9-26(19-37)34(23)38-27/h2-3,5-7,9,11-12,15,17-18,25H,4,8,10,13-14,16,20H2,1H3,(H,41,42). The molecular formula is C35H30FN3O4. The van der Waals surface area contributed by atoms with Crippen molar-refractivity contribution in [3.63, 3.8) is 0 Å². The second-order valence-electron chi connectivity index (χ2n) is 11.1. The van der Waals surface area contributed by atoms with Crippen molar-refractivity contribution in [3.8, 4) is 11.8 Å². The van der Waals surface area contributed by atoms with Crippen LogP contribution in [-0.4, -0.2) is 26.4 Å². The van der Waals surface area contributed by atoms with E-state index in [1.165, 1.54) is 13.0 Å². The highest BCUT2D eigenvalue weighted by molar-refractivity contribution is 5.94. The largest absolute Gasteiger partial charge is 0.484 e. The molecule has 5 aromatic rings. The highest BCUT2D eigenvalue weighted by atomic mass is 19.1. The van der Waals surface area contributed by atoms with E-state index in [4.69, 9.17) is 4.74 Å². The number of aryl methyl sites for hydroxylation is 3. The zero-order valence-corrected chi connectivity index (χ0v) is 23.8. The normalized spacial score (nSPS) is 14.4. The van der Waals surface area contributed by atoms with Crippen LogP contribution in [0.1, 0.15) is 70.5 Å². The number of ketones is 1. The fourth-order valence-electron chi connectivity index (χ4n) is 6.29. The molecule has 0 aliphatic heterocycles. The van der Waals surface area contributed by atoms with Crippen LogP contribution in [0, 0.1) is 17.1 Å². The molecule has 0 amide bonds. The fraction of sp³-hybridized carbons (Fsp3) is 0.257. The number of carboxylic acids is 1. The van der Waals surface area contributed by atoms with Gasteiger partial charge in [-0.25, -0.2) is 9.37 Å². The lowest BCUT2D eigenvalue weighted by Gasteiger charge is -2.24. The molecule has 1 atom stereocenters. The number of aromatic nitrogens is 2. The van der Waals surface area contributed by atoms with Crippen molar-refractivity contribution in [2.45, 2.75) is 58.1 Å². The average molecular weight is 576 g/mol. The van der Waals surface area contributed by atoms with Crippen LogP contribution in [0.15, 0.2) is 66.7 Å². The van der Waals surface area contributed by atoms with Crippen LogP contribution in [0.5, 0.6) is 5.75 Å². The van der Waals surface area contributed by atoms with E-state index in [-0.39, 0.29) is 30.5 Å². The maximum atomic E-state index is 15.6. The summed E-state index contributed by atoms with van der Waals surface area (Å²) >= 11 is 0. The summed E-state index contributed by atoms with van der Waals surface area (Å²) in [6, 6.07) is 21.9. The summed E-state index contributed by atoms with van der Waals surface area (Å²) in [7, 11) is 0. The van der Waals surface area contributed by atoms with Crippen molar-refractivity contribution in [2.24, 2.45) is 0 Å². The molecule has 0 bridgehead atoms. The van der Waals surface area contributed by atoms with Crippen molar-refractivity contribution in [3.05, 3.63) is 106 Å². The van der Waals surface area contributed by atoms with Gasteiger partial charge >= 0.3 is 5.97 Å². The minimum absolute atomic E-state index is 0.00724. The lowest BCUT2D eigenvalue weighted by molar-refractivity contribution is -0.137. The van der Waals surface area contributed by atoms with Crippen LogP contribution in [0.25, 0.3) is 21.8 Å². The lowest BCUT2D eigenvalue weighted by Crippen LogP contribution is -2.18. The quantitative estimate of drug-likeness (QED) is 0.188. The van der Waals surface area contributed by atoms with E-state index in [9.17, 15) is 20.0 Å². The van der Waals surface area contributed by atoms with Gasteiger partial charge in [0.1, 0.15) is 12.7 Å². The predicted molar refractivity (Wildman–Crippen MR) is 161 cm³/mol. The first-order chi connectivity index (χ1) is 20.8. The topological polar surface area (TPSA) is 105 Å². The Morgan fingerprint density at radius 1 is 1.14 bits per heavy atom. The number of carbonyl (C=O) groups excluding carboxylic acids is 1. The average Bonchev–Trinajstić information content (AvgIpc) is 3.31. The third-order valence-electron chi connectivity index (χ3n) is 8.28. The highest BCUT2D eigenvalue weighted by Gasteiger charge is 2.30. The zero-order chi connectivity index (χ0) is 30.1. The van der Waals surface area contributed by atoms with E-state index >= 15 is 4.39 Å². The molecule has 0 spiro atoms. The molecular weight excluding hydrogens is 545 g/mol. The maximum Gasteiger partial charge on any atom is 0.304 e. The summed E-state index contributed by atoms with van der Waals surface area (Å²) in [6.45, 7) is 2.08. The number of halogens is 1. The van der Waals surface area contributed by atoms with E-state index in [0.717, 1.165) is 46.9 Å². The Balaban J connectivity index is 1.36. The number of nitriles is 1. The first-order valence-corrected chi connectivity index (χ1v) is 14.4. The maximum absolute atomic E-state index is 15.6. The molecule has 1 N–H and O–H groups in total. The summed E-state index contributed by atoms with van der Waals surface area (Å²) in [5.41, 5.74) is 5.92. The first-order valence-electron chi connectivity index (χ1n) is 14.4. The van der Waals surface area contributed by atoms with Gasteiger partial charge in [-0.15, -0.1) is 0 Å². The van der Waals surface area contributed by atoms with E-state index in [1.807, 2.05) is 30.3 Å². The Morgan fingerprint density at radius 3 is 2.77 bits per heavy atom. The summed E-state index contributed by atoms with van der Waals surface area (Å²) in [5.74, 6) is -1.47. The number of fused-ring (bicyclic) bond motifs is 4. The minimum atomic E-state index is -0.860. The van der Waals surface area contributed by atoms with Crippen molar-refractivity contribution in [2.75, 3.05) is 0 Å².